The SMILES string of the molecule is CN(CCC#N)S(=O)(=O)c1cc(Cl)cc(Cl)c1O. The monoisotopic (exact) mass is 308 g/mol. The molecule has 18 heavy (non-hydrogen) atoms. The van der Waals surface area contributed by atoms with Gasteiger partial charge in [-0.25, -0.2) is 8.42 Å². The molecule has 0 spiro atoms. The highest BCUT2D eigenvalue weighted by atomic mass is 35.5. The number of hydrogen-bond donors (Lipinski definition) is 1. The van der Waals surface area contributed by atoms with E-state index < -0.39 is 15.8 Å². The number of sulfonamides is 1. The first-order valence-corrected chi connectivity index (χ1v) is 7.01. The van der Waals surface area contributed by atoms with E-state index in [-0.39, 0.29) is 27.9 Å². The Morgan fingerprint density at radius 2 is 2.06 bits per heavy atom. The Hall–Kier alpha value is -1.00. The van der Waals surface area contributed by atoms with E-state index in [0.29, 0.717) is 0 Å². The van der Waals surface area contributed by atoms with Crippen LogP contribution in [0.1, 0.15) is 6.42 Å². The maximum Gasteiger partial charge on any atom is 0.246 e. The van der Waals surface area contributed by atoms with Gasteiger partial charge in [-0.1, -0.05) is 23.2 Å². The molecule has 98 valence electrons. The van der Waals surface area contributed by atoms with Crippen molar-refractivity contribution in [3.05, 3.63) is 22.2 Å². The summed E-state index contributed by atoms with van der Waals surface area (Å²) in [5.41, 5.74) is 0. The van der Waals surface area contributed by atoms with E-state index in [4.69, 9.17) is 28.5 Å². The van der Waals surface area contributed by atoms with Gasteiger partial charge in [0.05, 0.1) is 11.1 Å². The van der Waals surface area contributed by atoms with Crippen molar-refractivity contribution in [1.29, 1.82) is 5.26 Å². The molecule has 0 aliphatic carbocycles. The van der Waals surface area contributed by atoms with Crippen LogP contribution in [-0.4, -0.2) is 31.4 Å². The van der Waals surface area contributed by atoms with E-state index in [1.165, 1.54) is 13.1 Å². The molecule has 0 radical (unpaired) electrons. The Kier molecular flexibility index (Phi) is 4.82. The zero-order chi connectivity index (χ0) is 13.9. The summed E-state index contributed by atoms with van der Waals surface area (Å²) < 4.78 is 25.2. The highest BCUT2D eigenvalue weighted by Gasteiger charge is 2.25. The molecule has 1 rings (SSSR count). The van der Waals surface area contributed by atoms with Gasteiger partial charge in [-0.15, -0.1) is 0 Å². The highest BCUT2D eigenvalue weighted by molar-refractivity contribution is 7.89. The molecule has 0 amide bonds. The van der Waals surface area contributed by atoms with Gasteiger partial charge in [-0.3, -0.25) is 0 Å². The smallest absolute Gasteiger partial charge is 0.246 e. The number of halogens is 2. The van der Waals surface area contributed by atoms with Crippen LogP contribution in [0.4, 0.5) is 0 Å². The lowest BCUT2D eigenvalue weighted by atomic mass is 10.3. The second kappa shape index (κ2) is 5.76. The molecule has 0 fully saturated rings. The normalized spacial score (nSPS) is 11.5. The van der Waals surface area contributed by atoms with Crippen molar-refractivity contribution in [2.75, 3.05) is 13.6 Å². The second-order valence-corrected chi connectivity index (χ2v) is 6.33. The van der Waals surface area contributed by atoms with Crippen molar-refractivity contribution >= 4 is 33.2 Å². The third-order valence-electron chi connectivity index (χ3n) is 2.22. The molecule has 1 aromatic rings. The Morgan fingerprint density at radius 1 is 1.44 bits per heavy atom. The lowest BCUT2D eigenvalue weighted by Crippen LogP contribution is -2.27. The Balaban J connectivity index is 3.25. The lowest BCUT2D eigenvalue weighted by molar-refractivity contribution is 0.444. The quantitative estimate of drug-likeness (QED) is 0.924. The Labute approximate surface area is 115 Å². The van der Waals surface area contributed by atoms with Crippen molar-refractivity contribution < 1.29 is 13.5 Å². The molecular weight excluding hydrogens is 299 g/mol. The van der Waals surface area contributed by atoms with Gasteiger partial charge >= 0.3 is 0 Å². The summed E-state index contributed by atoms with van der Waals surface area (Å²) in [7, 11) is -2.62. The molecule has 0 aliphatic heterocycles. The van der Waals surface area contributed by atoms with Crippen LogP contribution in [0.25, 0.3) is 0 Å². The molecule has 0 saturated carbocycles. The average molecular weight is 309 g/mol. The zero-order valence-corrected chi connectivity index (χ0v) is 11.7. The van der Waals surface area contributed by atoms with Gasteiger partial charge in [0.15, 0.2) is 5.75 Å². The van der Waals surface area contributed by atoms with Gasteiger partial charge in [0.2, 0.25) is 10.0 Å². The molecule has 5 nitrogen and oxygen atoms in total. The predicted molar refractivity (Wildman–Crippen MR) is 68.2 cm³/mol. The predicted octanol–water partition coefficient (Wildman–Crippen LogP) is 2.23. The second-order valence-electron chi connectivity index (χ2n) is 3.47. The summed E-state index contributed by atoms with van der Waals surface area (Å²) in [5, 5.41) is 18.1. The number of phenolic OH excluding ortho intramolecular Hbond substituents is 1. The van der Waals surface area contributed by atoms with Crippen LogP contribution < -0.4 is 0 Å². The molecule has 8 heteroatoms. The van der Waals surface area contributed by atoms with Gasteiger partial charge in [0, 0.05) is 25.0 Å². The third-order valence-corrected chi connectivity index (χ3v) is 4.60. The molecule has 1 aromatic carbocycles. The Morgan fingerprint density at radius 3 is 2.61 bits per heavy atom. The lowest BCUT2D eigenvalue weighted by Gasteiger charge is -2.17. The minimum absolute atomic E-state index is 0.0163. The van der Waals surface area contributed by atoms with Crippen LogP contribution in [-0.2, 0) is 10.0 Å². The van der Waals surface area contributed by atoms with Crippen molar-refractivity contribution in [3.63, 3.8) is 0 Å². The maximum absolute atomic E-state index is 12.1. The van der Waals surface area contributed by atoms with Gasteiger partial charge < -0.3 is 5.11 Å². The highest BCUT2D eigenvalue weighted by Crippen LogP contribution is 2.35. The molecule has 0 bridgehead atoms. The summed E-state index contributed by atoms with van der Waals surface area (Å²) in [6.07, 6.45) is 0.0464. The standard InChI is InChI=1S/C10H10Cl2N2O3S/c1-14(4-2-3-13)18(16,17)9-6-7(11)5-8(12)10(9)15/h5-6,15H,2,4H2,1H3. The van der Waals surface area contributed by atoms with E-state index in [9.17, 15) is 13.5 Å². The summed E-state index contributed by atoms with van der Waals surface area (Å²) in [6, 6.07) is 4.19. The van der Waals surface area contributed by atoms with E-state index >= 15 is 0 Å². The largest absolute Gasteiger partial charge is 0.505 e. The number of benzene rings is 1. The van der Waals surface area contributed by atoms with Gasteiger partial charge in [-0.05, 0) is 12.1 Å². The number of nitrogens with zero attached hydrogens (tertiary/aromatic N) is 2. The number of nitriles is 1. The van der Waals surface area contributed by atoms with Gasteiger partial charge in [-0.2, -0.15) is 9.57 Å². The third kappa shape index (κ3) is 3.06. The van der Waals surface area contributed by atoms with Crippen LogP contribution in [0.2, 0.25) is 10.0 Å². The molecule has 0 aromatic heterocycles. The van der Waals surface area contributed by atoms with Gasteiger partial charge in [0.1, 0.15) is 4.90 Å². The van der Waals surface area contributed by atoms with E-state index in [1.54, 1.807) is 0 Å². The first-order chi connectivity index (χ1) is 8.30. The first kappa shape index (κ1) is 15.1. The fourth-order valence-electron chi connectivity index (χ4n) is 1.23. The van der Waals surface area contributed by atoms with Crippen LogP contribution in [0.15, 0.2) is 17.0 Å². The number of hydrogen-bond acceptors (Lipinski definition) is 4. The molecule has 0 heterocycles. The van der Waals surface area contributed by atoms with Crippen LogP contribution >= 0.6 is 23.2 Å². The number of phenols is 1. The summed E-state index contributed by atoms with van der Waals surface area (Å²) in [5.74, 6) is -0.551. The molecule has 0 unspecified atom stereocenters. The summed E-state index contributed by atoms with van der Waals surface area (Å²) in [6.45, 7) is 0.0163. The molecule has 0 aliphatic rings. The Bertz CT molecular complexity index is 596. The minimum atomic E-state index is -3.92. The summed E-state index contributed by atoms with van der Waals surface area (Å²) in [4.78, 5) is -0.375. The molecule has 0 atom stereocenters. The van der Waals surface area contributed by atoms with Gasteiger partial charge in [0.25, 0.3) is 0 Å². The van der Waals surface area contributed by atoms with Crippen molar-refractivity contribution in [3.8, 4) is 11.8 Å². The van der Waals surface area contributed by atoms with Crippen LogP contribution in [0.5, 0.6) is 5.75 Å². The fraction of sp³-hybridized carbons (Fsp3) is 0.300. The molecule has 0 saturated heterocycles. The van der Waals surface area contributed by atoms with Crippen molar-refractivity contribution in [2.45, 2.75) is 11.3 Å². The van der Waals surface area contributed by atoms with Crippen LogP contribution in [0.3, 0.4) is 0 Å². The minimum Gasteiger partial charge on any atom is -0.505 e. The number of aromatic hydroxyl groups is 1. The van der Waals surface area contributed by atoms with E-state index in [0.717, 1.165) is 10.4 Å². The van der Waals surface area contributed by atoms with Crippen molar-refractivity contribution in [1.82, 2.24) is 4.31 Å². The fourth-order valence-corrected chi connectivity index (χ4v) is 3.15. The first-order valence-electron chi connectivity index (χ1n) is 4.82. The van der Waals surface area contributed by atoms with Crippen LogP contribution in [0, 0.1) is 11.3 Å². The average Bonchev–Trinajstić information content (AvgIpc) is 2.30. The topological polar surface area (TPSA) is 81.4 Å². The van der Waals surface area contributed by atoms with E-state index in [1.807, 2.05) is 6.07 Å². The molecule has 1 N–H and O–H groups in total. The van der Waals surface area contributed by atoms with Crippen molar-refractivity contribution in [2.24, 2.45) is 0 Å². The van der Waals surface area contributed by atoms with E-state index in [2.05, 4.69) is 0 Å². The molecular formula is C10H10Cl2N2O3S. The number of rotatable bonds is 4. The summed E-state index contributed by atoms with van der Waals surface area (Å²) >= 11 is 11.4. The maximum atomic E-state index is 12.1. The zero-order valence-electron chi connectivity index (χ0n) is 9.39.